The van der Waals surface area contributed by atoms with E-state index in [4.69, 9.17) is 9.47 Å². The fourth-order valence-corrected chi connectivity index (χ4v) is 2.67. The van der Waals surface area contributed by atoms with Crippen molar-refractivity contribution < 1.29 is 18.7 Å². The highest BCUT2D eigenvalue weighted by molar-refractivity contribution is 6.00. The van der Waals surface area contributed by atoms with Crippen molar-refractivity contribution in [3.8, 4) is 11.5 Å². The van der Waals surface area contributed by atoms with E-state index in [1.165, 1.54) is 12.1 Å². The Labute approximate surface area is 175 Å². The van der Waals surface area contributed by atoms with Crippen molar-refractivity contribution in [3.05, 3.63) is 95.3 Å². The van der Waals surface area contributed by atoms with Crippen LogP contribution < -0.4 is 14.9 Å². The number of carbonyl (C=O) groups is 1. The third-order valence-corrected chi connectivity index (χ3v) is 4.34. The van der Waals surface area contributed by atoms with E-state index in [1.54, 1.807) is 31.2 Å². The first-order valence-corrected chi connectivity index (χ1v) is 9.60. The van der Waals surface area contributed by atoms with Crippen LogP contribution in [0.4, 0.5) is 4.39 Å². The summed E-state index contributed by atoms with van der Waals surface area (Å²) in [6, 6.07) is 20.5. The molecule has 0 aliphatic rings. The Morgan fingerprint density at radius 3 is 2.03 bits per heavy atom. The molecule has 0 saturated heterocycles. The number of amides is 1. The summed E-state index contributed by atoms with van der Waals surface area (Å²) in [6.45, 7) is 4.69. The van der Waals surface area contributed by atoms with E-state index in [1.807, 2.05) is 43.3 Å². The molecule has 3 aromatic rings. The highest BCUT2D eigenvalue weighted by Crippen LogP contribution is 2.18. The first-order chi connectivity index (χ1) is 14.5. The fraction of sp³-hybridized carbons (Fsp3) is 0.167. The largest absolute Gasteiger partial charge is 0.494 e. The van der Waals surface area contributed by atoms with Crippen LogP contribution >= 0.6 is 0 Å². The maximum absolute atomic E-state index is 13.0. The zero-order valence-electron chi connectivity index (χ0n) is 16.9. The standard InChI is InChI=1S/C24H23FN2O3/c1-3-29-22-12-14-23(15-13-22)30-16-18-4-6-20(7-5-18)24(28)27-26-17(2)19-8-10-21(25)11-9-19/h4-15H,3,16H2,1-2H3,(H,27,28)/b26-17-. The summed E-state index contributed by atoms with van der Waals surface area (Å²) in [5.74, 6) is 0.904. The molecule has 0 heterocycles. The van der Waals surface area contributed by atoms with Gasteiger partial charge in [-0.1, -0.05) is 24.3 Å². The van der Waals surface area contributed by atoms with Gasteiger partial charge in [-0.3, -0.25) is 4.79 Å². The fourth-order valence-electron chi connectivity index (χ4n) is 2.67. The van der Waals surface area contributed by atoms with E-state index in [9.17, 15) is 9.18 Å². The molecule has 30 heavy (non-hydrogen) atoms. The van der Waals surface area contributed by atoms with Crippen LogP contribution in [0.25, 0.3) is 0 Å². The Hall–Kier alpha value is -3.67. The summed E-state index contributed by atoms with van der Waals surface area (Å²) in [7, 11) is 0. The summed E-state index contributed by atoms with van der Waals surface area (Å²) in [6.07, 6.45) is 0. The molecule has 0 spiro atoms. The molecule has 0 bridgehead atoms. The van der Waals surface area contributed by atoms with Gasteiger partial charge in [0.25, 0.3) is 5.91 Å². The average molecular weight is 406 g/mol. The second-order valence-electron chi connectivity index (χ2n) is 6.54. The van der Waals surface area contributed by atoms with Crippen LogP contribution in [0.5, 0.6) is 11.5 Å². The predicted octanol–water partition coefficient (Wildman–Crippen LogP) is 4.96. The Kier molecular flexibility index (Phi) is 7.16. The summed E-state index contributed by atoms with van der Waals surface area (Å²) in [5, 5.41) is 4.08. The Bertz CT molecular complexity index is 998. The van der Waals surface area contributed by atoms with Crippen LogP contribution in [0.1, 0.15) is 35.3 Å². The van der Waals surface area contributed by atoms with Crippen LogP contribution in [0.15, 0.2) is 77.9 Å². The summed E-state index contributed by atoms with van der Waals surface area (Å²) in [4.78, 5) is 12.3. The van der Waals surface area contributed by atoms with Gasteiger partial charge < -0.3 is 9.47 Å². The molecule has 0 atom stereocenters. The predicted molar refractivity (Wildman–Crippen MR) is 114 cm³/mol. The first-order valence-electron chi connectivity index (χ1n) is 9.60. The van der Waals surface area contributed by atoms with Gasteiger partial charge in [-0.15, -0.1) is 0 Å². The molecule has 154 valence electrons. The van der Waals surface area contributed by atoms with E-state index in [-0.39, 0.29) is 11.7 Å². The smallest absolute Gasteiger partial charge is 0.271 e. The maximum Gasteiger partial charge on any atom is 0.271 e. The average Bonchev–Trinajstić information content (AvgIpc) is 2.78. The molecule has 0 radical (unpaired) electrons. The zero-order chi connectivity index (χ0) is 21.3. The van der Waals surface area contributed by atoms with Crippen LogP contribution in [-0.4, -0.2) is 18.2 Å². The molecule has 1 amide bonds. The molecule has 3 rings (SSSR count). The zero-order valence-corrected chi connectivity index (χ0v) is 16.9. The number of ether oxygens (including phenoxy) is 2. The molecule has 5 nitrogen and oxygen atoms in total. The quantitative estimate of drug-likeness (QED) is 0.425. The van der Waals surface area contributed by atoms with Gasteiger partial charge in [-0.25, -0.2) is 9.82 Å². The minimum absolute atomic E-state index is 0.317. The van der Waals surface area contributed by atoms with E-state index >= 15 is 0 Å². The minimum Gasteiger partial charge on any atom is -0.494 e. The Balaban J connectivity index is 1.53. The Morgan fingerprint density at radius 1 is 0.867 bits per heavy atom. The lowest BCUT2D eigenvalue weighted by Crippen LogP contribution is -2.19. The number of carbonyl (C=O) groups excluding carboxylic acids is 1. The summed E-state index contributed by atoms with van der Waals surface area (Å²) in [5.41, 5.74) is 5.26. The van der Waals surface area contributed by atoms with Gasteiger partial charge in [-0.2, -0.15) is 5.10 Å². The second-order valence-corrected chi connectivity index (χ2v) is 6.54. The molecule has 0 aliphatic carbocycles. The number of benzene rings is 3. The number of hydrazone groups is 1. The lowest BCUT2D eigenvalue weighted by Gasteiger charge is -2.08. The molecule has 0 saturated carbocycles. The summed E-state index contributed by atoms with van der Waals surface area (Å²) < 4.78 is 24.2. The van der Waals surface area contributed by atoms with E-state index < -0.39 is 0 Å². The van der Waals surface area contributed by atoms with Crippen molar-refractivity contribution in [2.45, 2.75) is 20.5 Å². The molecule has 6 heteroatoms. The van der Waals surface area contributed by atoms with Crippen LogP contribution in [0.3, 0.4) is 0 Å². The first kappa shape index (κ1) is 21.0. The molecule has 0 aliphatic heterocycles. The number of hydrogen-bond donors (Lipinski definition) is 1. The van der Waals surface area contributed by atoms with Gasteiger partial charge >= 0.3 is 0 Å². The number of hydrogen-bond acceptors (Lipinski definition) is 4. The van der Waals surface area contributed by atoms with Gasteiger partial charge in [0, 0.05) is 5.56 Å². The number of rotatable bonds is 8. The van der Waals surface area contributed by atoms with Crippen molar-refractivity contribution in [2.75, 3.05) is 6.61 Å². The second kappa shape index (κ2) is 10.2. The lowest BCUT2D eigenvalue weighted by atomic mass is 10.1. The Morgan fingerprint density at radius 2 is 1.43 bits per heavy atom. The van der Waals surface area contributed by atoms with Crippen LogP contribution in [-0.2, 0) is 6.61 Å². The number of halogens is 1. The maximum atomic E-state index is 13.0. The third-order valence-electron chi connectivity index (χ3n) is 4.34. The van der Waals surface area contributed by atoms with E-state index in [0.717, 1.165) is 22.6 Å². The highest BCUT2D eigenvalue weighted by atomic mass is 19.1. The third kappa shape index (κ3) is 5.91. The van der Waals surface area contributed by atoms with Gasteiger partial charge in [0.05, 0.1) is 12.3 Å². The monoisotopic (exact) mass is 406 g/mol. The minimum atomic E-state index is -0.324. The van der Waals surface area contributed by atoms with Gasteiger partial charge in [0.1, 0.15) is 23.9 Å². The molecule has 0 unspecified atom stereocenters. The van der Waals surface area contributed by atoms with Gasteiger partial charge in [-0.05, 0) is 73.5 Å². The van der Waals surface area contributed by atoms with E-state index in [2.05, 4.69) is 10.5 Å². The lowest BCUT2D eigenvalue weighted by molar-refractivity contribution is 0.0954. The number of nitrogens with one attached hydrogen (secondary N) is 1. The van der Waals surface area contributed by atoms with Crippen molar-refractivity contribution in [1.82, 2.24) is 5.43 Å². The molecular formula is C24H23FN2O3. The van der Waals surface area contributed by atoms with Crippen LogP contribution in [0.2, 0.25) is 0 Å². The van der Waals surface area contributed by atoms with Crippen molar-refractivity contribution >= 4 is 11.6 Å². The molecule has 1 N–H and O–H groups in total. The molecule has 3 aromatic carbocycles. The molecule has 0 aromatic heterocycles. The van der Waals surface area contributed by atoms with Crippen molar-refractivity contribution in [1.29, 1.82) is 0 Å². The van der Waals surface area contributed by atoms with Crippen LogP contribution in [0, 0.1) is 5.82 Å². The van der Waals surface area contributed by atoms with Crippen molar-refractivity contribution in [3.63, 3.8) is 0 Å². The topological polar surface area (TPSA) is 59.9 Å². The molecule has 0 fully saturated rings. The van der Waals surface area contributed by atoms with Gasteiger partial charge in [0.15, 0.2) is 0 Å². The van der Waals surface area contributed by atoms with Crippen molar-refractivity contribution in [2.24, 2.45) is 5.10 Å². The van der Waals surface area contributed by atoms with E-state index in [0.29, 0.717) is 24.5 Å². The number of nitrogens with zero attached hydrogens (tertiary/aromatic N) is 1. The molecular weight excluding hydrogens is 383 g/mol. The summed E-state index contributed by atoms with van der Waals surface area (Å²) >= 11 is 0. The SMILES string of the molecule is CCOc1ccc(OCc2ccc(C(=O)N/N=C(/C)c3ccc(F)cc3)cc2)cc1. The highest BCUT2D eigenvalue weighted by Gasteiger charge is 2.06. The normalized spacial score (nSPS) is 11.1. The van der Waals surface area contributed by atoms with Gasteiger partial charge in [0.2, 0.25) is 0 Å².